The molecule has 0 aliphatic carbocycles. The van der Waals surface area contributed by atoms with Crippen molar-refractivity contribution in [1.82, 2.24) is 10.2 Å². The fraction of sp³-hybridized carbons (Fsp3) is 0.476. The van der Waals surface area contributed by atoms with Gasteiger partial charge in [-0.15, -0.1) is 0 Å². The van der Waals surface area contributed by atoms with E-state index in [1.54, 1.807) is 25.3 Å². The third-order valence-electron chi connectivity index (χ3n) is 4.98. The second-order valence-corrected chi connectivity index (χ2v) is 7.48. The number of nitrogens with one attached hydrogen (secondary N) is 1. The summed E-state index contributed by atoms with van der Waals surface area (Å²) in [6, 6.07) is 9.29. The van der Waals surface area contributed by atoms with Crippen molar-refractivity contribution in [2.45, 2.75) is 45.3 Å². The fourth-order valence-electron chi connectivity index (χ4n) is 3.45. The van der Waals surface area contributed by atoms with Crippen molar-refractivity contribution >= 4 is 17.5 Å². The van der Waals surface area contributed by atoms with Gasteiger partial charge in [0.15, 0.2) is 6.10 Å². The van der Waals surface area contributed by atoms with Crippen LogP contribution >= 0.6 is 11.6 Å². The van der Waals surface area contributed by atoms with Crippen LogP contribution in [0.3, 0.4) is 0 Å². The Morgan fingerprint density at radius 3 is 2.74 bits per heavy atom. The second kappa shape index (κ2) is 9.29. The normalized spacial score (nSPS) is 17.3. The molecule has 0 saturated carbocycles. The molecule has 5 nitrogen and oxygen atoms in total. The molecule has 2 atom stereocenters. The van der Waals surface area contributed by atoms with Crippen molar-refractivity contribution in [3.8, 4) is 5.75 Å². The van der Waals surface area contributed by atoms with Crippen molar-refractivity contribution in [3.63, 3.8) is 0 Å². The third-order valence-corrected chi connectivity index (χ3v) is 5.22. The van der Waals surface area contributed by atoms with Gasteiger partial charge < -0.3 is 14.5 Å². The summed E-state index contributed by atoms with van der Waals surface area (Å²) in [6.07, 6.45) is 4.71. The first-order chi connectivity index (χ1) is 13.0. The van der Waals surface area contributed by atoms with E-state index in [1.165, 1.54) is 19.3 Å². The molecule has 1 saturated heterocycles. The molecule has 6 heteroatoms. The van der Waals surface area contributed by atoms with E-state index in [0.717, 1.165) is 24.4 Å². The Bertz CT molecular complexity index is 742. The second-order valence-electron chi connectivity index (χ2n) is 7.04. The zero-order chi connectivity index (χ0) is 19.2. The van der Waals surface area contributed by atoms with E-state index in [-0.39, 0.29) is 11.9 Å². The Labute approximate surface area is 165 Å². The number of piperidine rings is 1. The van der Waals surface area contributed by atoms with Gasteiger partial charge in [-0.05, 0) is 75.7 Å². The van der Waals surface area contributed by atoms with Gasteiger partial charge in [-0.25, -0.2) is 0 Å². The first-order valence-electron chi connectivity index (χ1n) is 9.52. The van der Waals surface area contributed by atoms with Gasteiger partial charge in [0.2, 0.25) is 0 Å². The molecule has 0 spiro atoms. The highest BCUT2D eigenvalue weighted by atomic mass is 35.5. The molecule has 0 radical (unpaired) electrons. The first kappa shape index (κ1) is 19.8. The monoisotopic (exact) mass is 390 g/mol. The van der Waals surface area contributed by atoms with Crippen LogP contribution in [0.2, 0.25) is 5.02 Å². The summed E-state index contributed by atoms with van der Waals surface area (Å²) < 4.78 is 11.5. The topological polar surface area (TPSA) is 54.7 Å². The van der Waals surface area contributed by atoms with Crippen molar-refractivity contribution in [3.05, 3.63) is 52.9 Å². The van der Waals surface area contributed by atoms with Crippen LogP contribution in [-0.2, 0) is 4.79 Å². The first-order valence-corrected chi connectivity index (χ1v) is 9.90. The zero-order valence-electron chi connectivity index (χ0n) is 15.9. The van der Waals surface area contributed by atoms with E-state index in [1.807, 2.05) is 25.1 Å². The SMILES string of the molecule is Cc1cc(Cl)ccc1OC(C)C(=O)NCC(c1ccco1)N1CCCCC1. The Balaban J connectivity index is 1.59. The third kappa shape index (κ3) is 5.27. The number of ether oxygens (including phenoxy) is 1. The van der Waals surface area contributed by atoms with Gasteiger partial charge in [-0.1, -0.05) is 18.0 Å². The quantitative estimate of drug-likeness (QED) is 0.763. The molecule has 2 heterocycles. The van der Waals surface area contributed by atoms with Crippen molar-refractivity contribution < 1.29 is 13.9 Å². The van der Waals surface area contributed by atoms with E-state index >= 15 is 0 Å². The molecule has 1 amide bonds. The molecule has 2 aromatic rings. The van der Waals surface area contributed by atoms with Crippen LogP contribution in [0.15, 0.2) is 41.0 Å². The van der Waals surface area contributed by atoms with Crippen LogP contribution in [0.4, 0.5) is 0 Å². The lowest BCUT2D eigenvalue weighted by Crippen LogP contribution is -2.43. The molecular weight excluding hydrogens is 364 g/mol. The smallest absolute Gasteiger partial charge is 0.260 e. The Morgan fingerprint density at radius 1 is 1.30 bits per heavy atom. The summed E-state index contributed by atoms with van der Waals surface area (Å²) in [5.74, 6) is 1.41. The lowest BCUT2D eigenvalue weighted by molar-refractivity contribution is -0.127. The number of nitrogens with zero attached hydrogens (tertiary/aromatic N) is 1. The predicted octanol–water partition coefficient (Wildman–Crippen LogP) is 4.35. The molecule has 1 aromatic carbocycles. The number of carbonyl (C=O) groups excluding carboxylic acids is 1. The maximum atomic E-state index is 12.6. The number of likely N-dealkylation sites (tertiary alicyclic amines) is 1. The highest BCUT2D eigenvalue weighted by Gasteiger charge is 2.26. The minimum absolute atomic E-state index is 0.0497. The number of hydrogen-bond donors (Lipinski definition) is 1. The average molecular weight is 391 g/mol. The molecule has 146 valence electrons. The number of carbonyl (C=O) groups is 1. The summed E-state index contributed by atoms with van der Waals surface area (Å²) >= 11 is 5.97. The zero-order valence-corrected chi connectivity index (χ0v) is 16.7. The largest absolute Gasteiger partial charge is 0.481 e. The minimum Gasteiger partial charge on any atom is -0.481 e. The highest BCUT2D eigenvalue weighted by Crippen LogP contribution is 2.25. The summed E-state index contributed by atoms with van der Waals surface area (Å²) in [4.78, 5) is 15.0. The summed E-state index contributed by atoms with van der Waals surface area (Å²) in [6.45, 7) is 6.22. The minimum atomic E-state index is -0.594. The van der Waals surface area contributed by atoms with E-state index in [9.17, 15) is 4.79 Å². The van der Waals surface area contributed by atoms with Crippen LogP contribution in [0, 0.1) is 6.92 Å². The number of benzene rings is 1. The van der Waals surface area contributed by atoms with E-state index in [0.29, 0.717) is 17.3 Å². The summed E-state index contributed by atoms with van der Waals surface area (Å²) in [5, 5.41) is 3.68. The molecule has 1 N–H and O–H groups in total. The lowest BCUT2D eigenvalue weighted by Gasteiger charge is -2.33. The molecule has 1 aliphatic rings. The molecule has 1 aliphatic heterocycles. The molecule has 2 unspecified atom stereocenters. The summed E-state index contributed by atoms with van der Waals surface area (Å²) in [5.41, 5.74) is 0.906. The van der Waals surface area contributed by atoms with E-state index < -0.39 is 6.10 Å². The van der Waals surface area contributed by atoms with Crippen molar-refractivity contribution in [2.75, 3.05) is 19.6 Å². The molecule has 0 bridgehead atoms. The van der Waals surface area contributed by atoms with Crippen LogP contribution in [-0.4, -0.2) is 36.5 Å². The van der Waals surface area contributed by atoms with Gasteiger partial charge in [0, 0.05) is 11.6 Å². The fourth-order valence-corrected chi connectivity index (χ4v) is 3.68. The van der Waals surface area contributed by atoms with Crippen LogP contribution in [0.1, 0.15) is 43.6 Å². The van der Waals surface area contributed by atoms with Crippen LogP contribution < -0.4 is 10.1 Å². The number of rotatable bonds is 7. The Hall–Kier alpha value is -1.98. The molecule has 3 rings (SSSR count). The predicted molar refractivity (Wildman–Crippen MR) is 106 cm³/mol. The number of hydrogen-bond acceptors (Lipinski definition) is 4. The Kier molecular flexibility index (Phi) is 6.80. The van der Waals surface area contributed by atoms with Crippen LogP contribution in [0.5, 0.6) is 5.75 Å². The van der Waals surface area contributed by atoms with Crippen molar-refractivity contribution in [2.24, 2.45) is 0 Å². The van der Waals surface area contributed by atoms with Gasteiger partial charge in [-0.2, -0.15) is 0 Å². The molecular formula is C21H27ClN2O3. The maximum absolute atomic E-state index is 12.6. The molecule has 1 aromatic heterocycles. The van der Waals surface area contributed by atoms with Crippen LogP contribution in [0.25, 0.3) is 0 Å². The number of furan rings is 1. The van der Waals surface area contributed by atoms with Gasteiger partial charge >= 0.3 is 0 Å². The summed E-state index contributed by atoms with van der Waals surface area (Å²) in [7, 11) is 0. The average Bonchev–Trinajstić information content (AvgIpc) is 3.19. The number of aryl methyl sites for hydroxylation is 1. The van der Waals surface area contributed by atoms with Gasteiger partial charge in [0.05, 0.1) is 12.3 Å². The van der Waals surface area contributed by atoms with E-state index in [2.05, 4.69) is 10.2 Å². The van der Waals surface area contributed by atoms with E-state index in [4.69, 9.17) is 20.8 Å². The maximum Gasteiger partial charge on any atom is 0.260 e. The highest BCUT2D eigenvalue weighted by molar-refractivity contribution is 6.30. The standard InChI is InChI=1S/C21H27ClN2O3/c1-15-13-17(22)8-9-19(15)27-16(2)21(25)23-14-18(20-7-6-12-26-20)24-10-4-3-5-11-24/h6-9,12-13,16,18H,3-5,10-11,14H2,1-2H3,(H,23,25). The molecule has 1 fully saturated rings. The number of halogens is 1. The van der Waals surface area contributed by atoms with Gasteiger partial charge in [-0.3, -0.25) is 9.69 Å². The molecule has 27 heavy (non-hydrogen) atoms. The van der Waals surface area contributed by atoms with Gasteiger partial charge in [0.1, 0.15) is 11.5 Å². The lowest BCUT2D eigenvalue weighted by atomic mass is 10.1. The van der Waals surface area contributed by atoms with Crippen molar-refractivity contribution in [1.29, 1.82) is 0 Å². The van der Waals surface area contributed by atoms with Gasteiger partial charge in [0.25, 0.3) is 5.91 Å². The number of amides is 1. The Morgan fingerprint density at radius 2 is 2.07 bits per heavy atom.